The van der Waals surface area contributed by atoms with E-state index in [-0.39, 0.29) is 0 Å². The van der Waals surface area contributed by atoms with Crippen molar-refractivity contribution in [2.45, 2.75) is 10.9 Å². The first-order valence-corrected chi connectivity index (χ1v) is 9.38. The maximum absolute atomic E-state index is 5.27. The Morgan fingerprint density at radius 2 is 2.00 bits per heavy atom. The maximum Gasteiger partial charge on any atom is 0.237 e. The highest BCUT2D eigenvalue weighted by Gasteiger charge is 2.11. The van der Waals surface area contributed by atoms with Gasteiger partial charge >= 0.3 is 0 Å². The molecule has 1 N–H and O–H groups in total. The van der Waals surface area contributed by atoms with Crippen molar-refractivity contribution in [1.29, 1.82) is 0 Å². The van der Waals surface area contributed by atoms with Crippen LogP contribution in [0.5, 0.6) is 0 Å². The average molecular weight is 367 g/mol. The lowest BCUT2D eigenvalue weighted by Crippen LogP contribution is -1.82. The van der Waals surface area contributed by atoms with Gasteiger partial charge in [-0.25, -0.2) is 4.98 Å². The second-order valence-electron chi connectivity index (χ2n) is 5.02. The second-order valence-corrected chi connectivity index (χ2v) is 6.92. The van der Waals surface area contributed by atoms with Crippen LogP contribution in [0.15, 0.2) is 57.5 Å². The minimum absolute atomic E-state index is 0.526. The molecule has 0 saturated heterocycles. The first kappa shape index (κ1) is 15.8. The summed E-state index contributed by atoms with van der Waals surface area (Å²) >= 11 is 3.03. The fraction of sp³-hybridized carbons (Fsp3) is 0.0588. The summed E-state index contributed by atoms with van der Waals surface area (Å²) in [7, 11) is 0. The van der Waals surface area contributed by atoms with Crippen molar-refractivity contribution in [3.8, 4) is 10.7 Å². The summed E-state index contributed by atoms with van der Waals surface area (Å²) in [6.45, 7) is 0. The molecule has 3 heterocycles. The van der Waals surface area contributed by atoms with E-state index in [1.165, 1.54) is 11.8 Å². The lowest BCUT2D eigenvalue weighted by atomic mass is 10.2. The Hall–Kier alpha value is -2.71. The smallest absolute Gasteiger partial charge is 0.237 e. The lowest BCUT2D eigenvalue weighted by molar-refractivity contribution is 0.391. The first-order chi connectivity index (χ1) is 12.4. The third kappa shape index (κ3) is 4.04. The zero-order valence-electron chi connectivity index (χ0n) is 13.0. The summed E-state index contributed by atoms with van der Waals surface area (Å²) in [6.07, 6.45) is 3.88. The Morgan fingerprint density at radius 1 is 1.08 bits per heavy atom. The van der Waals surface area contributed by atoms with Gasteiger partial charge in [-0.2, -0.15) is 4.98 Å². The van der Waals surface area contributed by atoms with Crippen LogP contribution in [-0.4, -0.2) is 25.3 Å². The second kappa shape index (κ2) is 7.45. The molecule has 0 aliphatic rings. The summed E-state index contributed by atoms with van der Waals surface area (Å²) in [5.41, 5.74) is 1.11. The largest absolute Gasteiger partial charge is 0.338 e. The number of hydrogen-bond acceptors (Lipinski definition) is 7. The molecule has 4 rings (SSSR count). The number of nitrogens with zero attached hydrogens (tertiary/aromatic N) is 4. The van der Waals surface area contributed by atoms with Crippen molar-refractivity contribution >= 4 is 35.3 Å². The summed E-state index contributed by atoms with van der Waals surface area (Å²) in [4.78, 5) is 9.79. The number of aromatic amines is 1. The van der Waals surface area contributed by atoms with Crippen molar-refractivity contribution in [3.05, 3.63) is 65.1 Å². The van der Waals surface area contributed by atoms with E-state index in [9.17, 15) is 0 Å². The Labute approximate surface area is 152 Å². The molecule has 0 atom stereocenters. The molecule has 3 aromatic heterocycles. The summed E-state index contributed by atoms with van der Waals surface area (Å²) < 4.78 is 5.27. The number of hydrogen-bond donors (Lipinski definition) is 1. The third-order valence-electron chi connectivity index (χ3n) is 3.25. The Kier molecular flexibility index (Phi) is 4.71. The van der Waals surface area contributed by atoms with Gasteiger partial charge in [-0.3, -0.25) is 5.10 Å². The molecule has 1 aromatic carbocycles. The lowest BCUT2D eigenvalue weighted by Gasteiger charge is -1.90. The fourth-order valence-electron chi connectivity index (χ4n) is 2.08. The highest BCUT2D eigenvalue weighted by molar-refractivity contribution is 7.98. The van der Waals surface area contributed by atoms with E-state index in [4.69, 9.17) is 4.52 Å². The van der Waals surface area contributed by atoms with Gasteiger partial charge in [0, 0.05) is 0 Å². The number of thiophene rings is 1. The monoisotopic (exact) mass is 367 g/mol. The molecule has 124 valence electrons. The van der Waals surface area contributed by atoms with Gasteiger partial charge in [0.2, 0.25) is 16.9 Å². The zero-order valence-corrected chi connectivity index (χ0v) is 14.6. The Bertz CT molecular complexity index is 960. The average Bonchev–Trinajstić information content (AvgIpc) is 3.40. The molecule has 8 heteroatoms. The summed E-state index contributed by atoms with van der Waals surface area (Å²) in [6, 6.07) is 14.0. The predicted molar refractivity (Wildman–Crippen MR) is 98.9 cm³/mol. The fourth-order valence-corrected chi connectivity index (χ4v) is 3.37. The predicted octanol–water partition coefficient (Wildman–Crippen LogP) is 4.38. The quantitative estimate of drug-likeness (QED) is 0.509. The van der Waals surface area contributed by atoms with Gasteiger partial charge in [-0.15, -0.1) is 16.4 Å². The summed E-state index contributed by atoms with van der Waals surface area (Å²) in [5, 5.41) is 13.7. The van der Waals surface area contributed by atoms with Gasteiger partial charge in [-0.05, 0) is 23.1 Å². The van der Waals surface area contributed by atoms with E-state index < -0.39 is 0 Å². The molecule has 0 radical (unpaired) electrons. The van der Waals surface area contributed by atoms with Gasteiger partial charge in [0.25, 0.3) is 0 Å². The van der Waals surface area contributed by atoms with E-state index in [0.29, 0.717) is 28.4 Å². The SMILES string of the molecule is C(=C\c1nc(SCc2nc(-c3cccs3)no2)n[nH]1)/c1ccccc1. The van der Waals surface area contributed by atoms with E-state index >= 15 is 0 Å². The standard InChI is InChI=1S/C17H13N5OS2/c1-2-5-12(6-3-1)8-9-14-18-17(21-20-14)25-11-15-19-16(22-23-15)13-7-4-10-24-13/h1-10H,11H2,(H,18,20,21)/b9-8+. The molecule has 0 bridgehead atoms. The maximum atomic E-state index is 5.27. The number of benzene rings is 1. The topological polar surface area (TPSA) is 80.5 Å². The highest BCUT2D eigenvalue weighted by atomic mass is 32.2. The molecule has 4 aromatic rings. The summed E-state index contributed by atoms with van der Waals surface area (Å²) in [5.74, 6) is 2.40. The Morgan fingerprint density at radius 3 is 2.84 bits per heavy atom. The van der Waals surface area contributed by atoms with E-state index in [2.05, 4.69) is 25.3 Å². The van der Waals surface area contributed by atoms with Crippen LogP contribution in [0.4, 0.5) is 0 Å². The van der Waals surface area contributed by atoms with Gasteiger partial charge in [0.1, 0.15) is 5.82 Å². The van der Waals surface area contributed by atoms with Crippen LogP contribution in [-0.2, 0) is 5.75 Å². The molecular weight excluding hydrogens is 354 g/mol. The van der Waals surface area contributed by atoms with E-state index in [1.54, 1.807) is 11.3 Å². The van der Waals surface area contributed by atoms with Crippen LogP contribution in [0.1, 0.15) is 17.3 Å². The van der Waals surface area contributed by atoms with Crippen molar-refractivity contribution in [3.63, 3.8) is 0 Å². The van der Waals surface area contributed by atoms with E-state index in [0.717, 1.165) is 10.4 Å². The van der Waals surface area contributed by atoms with Crippen molar-refractivity contribution in [2.24, 2.45) is 0 Å². The Balaban J connectivity index is 1.36. The molecule has 0 saturated carbocycles. The van der Waals surface area contributed by atoms with E-state index in [1.807, 2.05) is 60.0 Å². The van der Waals surface area contributed by atoms with Crippen LogP contribution in [0.2, 0.25) is 0 Å². The number of H-pyrrole nitrogens is 1. The van der Waals surface area contributed by atoms with Crippen LogP contribution < -0.4 is 0 Å². The van der Waals surface area contributed by atoms with Crippen LogP contribution >= 0.6 is 23.1 Å². The minimum atomic E-state index is 0.526. The number of nitrogens with one attached hydrogen (secondary N) is 1. The van der Waals surface area contributed by atoms with Crippen LogP contribution in [0.25, 0.3) is 22.9 Å². The number of rotatable bonds is 6. The van der Waals surface area contributed by atoms with Gasteiger partial charge in [-0.1, -0.05) is 59.4 Å². The molecule has 6 nitrogen and oxygen atoms in total. The molecule has 0 unspecified atom stereocenters. The first-order valence-electron chi connectivity index (χ1n) is 7.51. The zero-order chi connectivity index (χ0) is 16.9. The van der Waals surface area contributed by atoms with Crippen molar-refractivity contribution in [2.75, 3.05) is 0 Å². The van der Waals surface area contributed by atoms with Crippen LogP contribution in [0.3, 0.4) is 0 Å². The highest BCUT2D eigenvalue weighted by Crippen LogP contribution is 2.24. The molecular formula is C17H13N5OS2. The minimum Gasteiger partial charge on any atom is -0.338 e. The molecule has 0 aliphatic carbocycles. The van der Waals surface area contributed by atoms with Gasteiger partial charge < -0.3 is 4.52 Å². The van der Waals surface area contributed by atoms with Gasteiger partial charge in [0.15, 0.2) is 0 Å². The molecule has 0 spiro atoms. The molecule has 0 aliphatic heterocycles. The van der Waals surface area contributed by atoms with Crippen molar-refractivity contribution < 1.29 is 4.52 Å². The molecule has 0 fully saturated rings. The van der Waals surface area contributed by atoms with Crippen LogP contribution in [0, 0.1) is 0 Å². The molecule has 25 heavy (non-hydrogen) atoms. The number of aromatic nitrogens is 5. The molecule has 0 amide bonds. The van der Waals surface area contributed by atoms with Crippen molar-refractivity contribution in [1.82, 2.24) is 25.3 Å². The third-order valence-corrected chi connectivity index (χ3v) is 4.95. The number of thioether (sulfide) groups is 1. The normalized spacial score (nSPS) is 11.4. The van der Waals surface area contributed by atoms with Gasteiger partial charge in [0.05, 0.1) is 10.6 Å².